The lowest BCUT2D eigenvalue weighted by Gasteiger charge is -1.87. The second-order valence-electron chi connectivity index (χ2n) is 3.72. The molecular formula is C13H12N2O3S. The van der Waals surface area contributed by atoms with Gasteiger partial charge in [0.15, 0.2) is 5.03 Å². The van der Waals surface area contributed by atoms with Gasteiger partial charge in [-0.3, -0.25) is 9.54 Å². The largest absolute Gasteiger partial charge is 0.344 e. The van der Waals surface area contributed by atoms with Gasteiger partial charge in [-0.25, -0.2) is 0 Å². The molecule has 0 bridgehead atoms. The fraction of sp³-hybridized carbons (Fsp3) is 0. The van der Waals surface area contributed by atoms with Gasteiger partial charge in [0, 0.05) is 23.3 Å². The predicted molar refractivity (Wildman–Crippen MR) is 72.4 cm³/mol. The highest BCUT2D eigenvalue weighted by molar-refractivity contribution is 7.85. The Balaban J connectivity index is 0.000000186. The third-order valence-corrected chi connectivity index (χ3v) is 3.13. The first-order valence-corrected chi connectivity index (χ1v) is 6.91. The van der Waals surface area contributed by atoms with Crippen LogP contribution in [0.15, 0.2) is 66.0 Å². The zero-order valence-electron chi connectivity index (χ0n) is 9.89. The lowest BCUT2D eigenvalue weighted by atomic mass is 10.3. The minimum Gasteiger partial charge on any atom is -0.344 e. The molecule has 0 saturated carbocycles. The molecule has 0 unspecified atom stereocenters. The Kier molecular flexibility index (Phi) is 3.94. The number of aromatic nitrogens is 2. The Hall–Kier alpha value is -2.18. The minimum atomic E-state index is -4.12. The summed E-state index contributed by atoms with van der Waals surface area (Å²) in [5.41, 5.74) is 0.690. The van der Waals surface area contributed by atoms with E-state index >= 15 is 0 Å². The maximum atomic E-state index is 10.7. The standard InChI is InChI=1S/C8H7NO3S.C5H5N/c10-13(11,12)8-5-6-3-1-2-4-7(6)9-8;1-2-4-6-5-3-1/h1-5,9H,(H,10,11,12);1-5H. The summed E-state index contributed by atoms with van der Waals surface area (Å²) in [6, 6.07) is 14.2. The molecule has 2 heterocycles. The molecule has 0 aliphatic rings. The fourth-order valence-electron chi connectivity index (χ4n) is 1.50. The molecule has 0 fully saturated rings. The molecule has 0 radical (unpaired) electrons. The number of H-pyrrole nitrogens is 1. The van der Waals surface area contributed by atoms with Gasteiger partial charge >= 0.3 is 10.1 Å². The highest BCUT2D eigenvalue weighted by Gasteiger charge is 2.11. The number of hydrogen-bond acceptors (Lipinski definition) is 3. The minimum absolute atomic E-state index is 0.172. The van der Waals surface area contributed by atoms with Crippen LogP contribution in [0.25, 0.3) is 10.9 Å². The molecule has 0 saturated heterocycles. The van der Waals surface area contributed by atoms with E-state index in [4.69, 9.17) is 4.55 Å². The lowest BCUT2D eigenvalue weighted by Crippen LogP contribution is -1.97. The third kappa shape index (κ3) is 3.64. The third-order valence-electron chi connectivity index (χ3n) is 2.35. The lowest BCUT2D eigenvalue weighted by molar-refractivity contribution is 0.480. The zero-order chi connectivity index (χ0) is 13.7. The molecule has 2 aromatic heterocycles. The Morgan fingerprint density at radius 1 is 1.00 bits per heavy atom. The molecule has 3 rings (SSSR count). The van der Waals surface area contributed by atoms with Crippen LogP contribution in [0.1, 0.15) is 0 Å². The van der Waals surface area contributed by atoms with Crippen molar-refractivity contribution in [2.75, 3.05) is 0 Å². The first kappa shape index (κ1) is 13.3. The molecule has 0 atom stereocenters. The van der Waals surface area contributed by atoms with Gasteiger partial charge in [-0.05, 0) is 24.3 Å². The maximum Gasteiger partial charge on any atom is 0.310 e. The highest BCUT2D eigenvalue weighted by atomic mass is 32.2. The van der Waals surface area contributed by atoms with Crippen molar-refractivity contribution in [3.63, 3.8) is 0 Å². The maximum absolute atomic E-state index is 10.7. The van der Waals surface area contributed by atoms with Gasteiger partial charge in [-0.15, -0.1) is 0 Å². The SMILES string of the molecule is O=S(=O)(O)c1cc2ccccc2[nH]1.c1ccncc1. The zero-order valence-corrected chi connectivity index (χ0v) is 10.7. The van der Waals surface area contributed by atoms with E-state index in [0.29, 0.717) is 5.52 Å². The second kappa shape index (κ2) is 5.64. The Labute approximate surface area is 110 Å². The van der Waals surface area contributed by atoms with Crippen molar-refractivity contribution in [1.82, 2.24) is 9.97 Å². The number of para-hydroxylation sites is 1. The van der Waals surface area contributed by atoms with Crippen LogP contribution >= 0.6 is 0 Å². The first-order chi connectivity index (χ1) is 9.07. The summed E-state index contributed by atoms with van der Waals surface area (Å²) in [5, 5.41) is 0.587. The van der Waals surface area contributed by atoms with Crippen LogP contribution in [0, 0.1) is 0 Å². The van der Waals surface area contributed by atoms with Gasteiger partial charge < -0.3 is 4.98 Å². The van der Waals surface area contributed by atoms with E-state index in [1.807, 2.05) is 18.2 Å². The molecule has 98 valence electrons. The summed E-state index contributed by atoms with van der Waals surface area (Å²) in [5.74, 6) is 0. The van der Waals surface area contributed by atoms with E-state index in [0.717, 1.165) is 5.39 Å². The summed E-state index contributed by atoms with van der Waals surface area (Å²) in [7, 11) is -4.12. The van der Waals surface area contributed by atoms with E-state index in [-0.39, 0.29) is 5.03 Å². The summed E-state index contributed by atoms with van der Waals surface area (Å²) < 4.78 is 30.2. The molecule has 0 amide bonds. The average molecular weight is 276 g/mol. The van der Waals surface area contributed by atoms with Gasteiger partial charge in [0.1, 0.15) is 0 Å². The Morgan fingerprint density at radius 2 is 1.68 bits per heavy atom. The van der Waals surface area contributed by atoms with Crippen molar-refractivity contribution in [3.05, 3.63) is 60.9 Å². The van der Waals surface area contributed by atoms with Crippen molar-refractivity contribution in [1.29, 1.82) is 0 Å². The molecule has 6 heteroatoms. The number of pyridine rings is 1. The van der Waals surface area contributed by atoms with Crippen molar-refractivity contribution in [2.45, 2.75) is 5.03 Å². The fourth-order valence-corrected chi connectivity index (χ4v) is 2.01. The van der Waals surface area contributed by atoms with Crippen LogP contribution in [0.3, 0.4) is 0 Å². The van der Waals surface area contributed by atoms with Crippen LogP contribution < -0.4 is 0 Å². The van der Waals surface area contributed by atoms with Crippen molar-refractivity contribution >= 4 is 21.0 Å². The quantitative estimate of drug-likeness (QED) is 0.669. The monoisotopic (exact) mass is 276 g/mol. The van der Waals surface area contributed by atoms with Crippen LogP contribution in [0.5, 0.6) is 0 Å². The summed E-state index contributed by atoms with van der Waals surface area (Å²) in [6.45, 7) is 0. The van der Waals surface area contributed by atoms with E-state index in [1.165, 1.54) is 6.07 Å². The predicted octanol–water partition coefficient (Wildman–Crippen LogP) is 2.50. The molecule has 1 aromatic carbocycles. The molecule has 0 spiro atoms. The molecule has 0 aliphatic carbocycles. The van der Waals surface area contributed by atoms with E-state index in [9.17, 15) is 8.42 Å². The number of rotatable bonds is 1. The number of hydrogen-bond donors (Lipinski definition) is 2. The van der Waals surface area contributed by atoms with Crippen molar-refractivity contribution < 1.29 is 13.0 Å². The molecule has 5 nitrogen and oxygen atoms in total. The molecule has 3 aromatic rings. The number of nitrogens with zero attached hydrogens (tertiary/aromatic N) is 1. The summed E-state index contributed by atoms with van der Waals surface area (Å²) in [6.07, 6.45) is 3.50. The smallest absolute Gasteiger partial charge is 0.310 e. The Morgan fingerprint density at radius 3 is 2.16 bits per heavy atom. The average Bonchev–Trinajstić information content (AvgIpc) is 2.85. The van der Waals surface area contributed by atoms with Gasteiger partial charge in [0.2, 0.25) is 0 Å². The van der Waals surface area contributed by atoms with Crippen LogP contribution in [-0.4, -0.2) is 22.9 Å². The normalized spacial score (nSPS) is 10.8. The van der Waals surface area contributed by atoms with Crippen molar-refractivity contribution in [3.8, 4) is 0 Å². The van der Waals surface area contributed by atoms with Crippen molar-refractivity contribution in [2.24, 2.45) is 0 Å². The summed E-state index contributed by atoms with van der Waals surface area (Å²) in [4.78, 5) is 6.38. The molecule has 19 heavy (non-hydrogen) atoms. The van der Waals surface area contributed by atoms with Crippen LogP contribution in [0.4, 0.5) is 0 Å². The van der Waals surface area contributed by atoms with Gasteiger partial charge in [-0.2, -0.15) is 8.42 Å². The Bertz CT molecular complexity index is 692. The molecular weight excluding hydrogens is 264 g/mol. The van der Waals surface area contributed by atoms with Gasteiger partial charge in [-0.1, -0.05) is 24.3 Å². The second-order valence-corrected chi connectivity index (χ2v) is 5.11. The highest BCUT2D eigenvalue weighted by Crippen LogP contribution is 2.17. The topological polar surface area (TPSA) is 83.0 Å². The van der Waals surface area contributed by atoms with Crippen LogP contribution in [0.2, 0.25) is 0 Å². The van der Waals surface area contributed by atoms with E-state index < -0.39 is 10.1 Å². The van der Waals surface area contributed by atoms with Gasteiger partial charge in [0.25, 0.3) is 0 Å². The first-order valence-electron chi connectivity index (χ1n) is 5.47. The van der Waals surface area contributed by atoms with E-state index in [1.54, 1.807) is 36.7 Å². The van der Waals surface area contributed by atoms with Crippen LogP contribution in [-0.2, 0) is 10.1 Å². The number of benzene rings is 1. The number of nitrogens with one attached hydrogen (secondary N) is 1. The van der Waals surface area contributed by atoms with Gasteiger partial charge in [0.05, 0.1) is 0 Å². The van der Waals surface area contributed by atoms with E-state index in [2.05, 4.69) is 9.97 Å². The molecule has 2 N–H and O–H groups in total. The summed E-state index contributed by atoms with van der Waals surface area (Å²) >= 11 is 0. The molecule has 0 aliphatic heterocycles. The number of aromatic amines is 1. The number of fused-ring (bicyclic) bond motifs is 1.